The molecule has 1 aromatic carbocycles. The van der Waals surface area contributed by atoms with Crippen molar-refractivity contribution in [3.05, 3.63) is 34.6 Å². The summed E-state index contributed by atoms with van der Waals surface area (Å²) in [5.41, 5.74) is 0.502. The van der Waals surface area contributed by atoms with Crippen LogP contribution in [0, 0.1) is 5.82 Å². The lowest BCUT2D eigenvalue weighted by Crippen LogP contribution is -2.45. The van der Waals surface area contributed by atoms with Crippen LogP contribution in [0.1, 0.15) is 18.0 Å². The molecule has 0 aromatic heterocycles. The number of nitrogens with one attached hydrogen (secondary N) is 1. The van der Waals surface area contributed by atoms with Gasteiger partial charge in [-0.15, -0.1) is 0 Å². The maximum Gasteiger partial charge on any atom is 0.128 e. The lowest BCUT2D eigenvalue weighted by molar-refractivity contribution is 0.154. The Morgan fingerprint density at radius 2 is 2.06 bits per heavy atom. The van der Waals surface area contributed by atoms with E-state index in [-0.39, 0.29) is 11.9 Å². The first-order chi connectivity index (χ1) is 8.72. The molecule has 0 bridgehead atoms. The first kappa shape index (κ1) is 13.7. The molecular formula is C13H17ClF2N2. The lowest BCUT2D eigenvalue weighted by atomic mass is 10.0. The van der Waals surface area contributed by atoms with E-state index in [0.29, 0.717) is 17.0 Å². The van der Waals surface area contributed by atoms with Gasteiger partial charge in [0.2, 0.25) is 0 Å². The SMILES string of the molecule is FCC[C@@H](c1cc(Cl)ccc1F)N1CCNCC1. The van der Waals surface area contributed by atoms with E-state index < -0.39 is 6.67 Å². The second-order valence-electron chi connectivity index (χ2n) is 4.45. The molecule has 5 heteroatoms. The number of benzene rings is 1. The number of hydrogen-bond acceptors (Lipinski definition) is 2. The van der Waals surface area contributed by atoms with Crippen LogP contribution in [-0.4, -0.2) is 37.8 Å². The number of piperazine rings is 1. The van der Waals surface area contributed by atoms with Gasteiger partial charge in [-0.3, -0.25) is 9.29 Å². The minimum Gasteiger partial charge on any atom is -0.314 e. The van der Waals surface area contributed by atoms with Gasteiger partial charge in [0.25, 0.3) is 0 Å². The van der Waals surface area contributed by atoms with E-state index in [0.717, 1.165) is 26.2 Å². The standard InChI is InChI=1S/C13H17ClF2N2/c14-10-1-2-12(16)11(9-10)13(3-4-15)18-7-5-17-6-8-18/h1-2,9,13,17H,3-8H2/t13-/m0/s1. The van der Waals surface area contributed by atoms with Crippen LogP contribution in [0.3, 0.4) is 0 Å². The third-order valence-electron chi connectivity index (χ3n) is 3.29. The van der Waals surface area contributed by atoms with Crippen molar-refractivity contribution in [3.8, 4) is 0 Å². The zero-order valence-corrected chi connectivity index (χ0v) is 10.9. The molecule has 0 spiro atoms. The molecule has 0 unspecified atom stereocenters. The molecule has 18 heavy (non-hydrogen) atoms. The van der Waals surface area contributed by atoms with Crippen molar-refractivity contribution >= 4 is 11.6 Å². The van der Waals surface area contributed by atoms with E-state index in [2.05, 4.69) is 10.2 Å². The van der Waals surface area contributed by atoms with Crippen molar-refractivity contribution in [2.24, 2.45) is 0 Å². The summed E-state index contributed by atoms with van der Waals surface area (Å²) in [5, 5.41) is 3.73. The molecule has 100 valence electrons. The Morgan fingerprint density at radius 3 is 2.72 bits per heavy atom. The minimum absolute atomic E-state index is 0.226. The fourth-order valence-corrected chi connectivity index (χ4v) is 2.58. The smallest absolute Gasteiger partial charge is 0.128 e. The number of halogens is 3. The second-order valence-corrected chi connectivity index (χ2v) is 4.88. The Bertz CT molecular complexity index is 395. The van der Waals surface area contributed by atoms with E-state index in [1.807, 2.05) is 0 Å². The molecule has 1 atom stereocenters. The third-order valence-corrected chi connectivity index (χ3v) is 3.53. The maximum atomic E-state index is 13.9. The molecule has 0 radical (unpaired) electrons. The number of nitrogens with zero attached hydrogens (tertiary/aromatic N) is 1. The second kappa shape index (κ2) is 6.45. The van der Waals surface area contributed by atoms with Crippen molar-refractivity contribution in [1.82, 2.24) is 10.2 Å². The average molecular weight is 275 g/mol. The molecule has 0 saturated carbocycles. The molecule has 1 aliphatic rings. The normalized spacial score (nSPS) is 18.8. The highest BCUT2D eigenvalue weighted by Crippen LogP contribution is 2.29. The summed E-state index contributed by atoms with van der Waals surface area (Å²) >= 11 is 5.91. The highest BCUT2D eigenvalue weighted by atomic mass is 35.5. The predicted molar refractivity (Wildman–Crippen MR) is 69.2 cm³/mol. The zero-order chi connectivity index (χ0) is 13.0. The van der Waals surface area contributed by atoms with Crippen LogP contribution in [0.2, 0.25) is 5.02 Å². The van der Waals surface area contributed by atoms with Crippen molar-refractivity contribution in [1.29, 1.82) is 0 Å². The predicted octanol–water partition coefficient (Wildman–Crippen LogP) is 2.79. The van der Waals surface area contributed by atoms with Crippen LogP contribution in [0.25, 0.3) is 0 Å². The fourth-order valence-electron chi connectivity index (χ4n) is 2.40. The third kappa shape index (κ3) is 3.19. The highest BCUT2D eigenvalue weighted by Gasteiger charge is 2.24. The summed E-state index contributed by atoms with van der Waals surface area (Å²) in [4.78, 5) is 2.12. The Balaban J connectivity index is 2.24. The Hall–Kier alpha value is -0.710. The van der Waals surface area contributed by atoms with Gasteiger partial charge in [0, 0.05) is 42.8 Å². The Morgan fingerprint density at radius 1 is 1.33 bits per heavy atom. The quantitative estimate of drug-likeness (QED) is 0.908. The first-order valence-electron chi connectivity index (χ1n) is 6.18. The fraction of sp³-hybridized carbons (Fsp3) is 0.538. The Labute approximate surface area is 111 Å². The summed E-state index contributed by atoms with van der Waals surface area (Å²) in [7, 11) is 0. The van der Waals surface area contributed by atoms with E-state index in [9.17, 15) is 8.78 Å². The first-order valence-corrected chi connectivity index (χ1v) is 6.56. The maximum absolute atomic E-state index is 13.9. The van der Waals surface area contributed by atoms with Crippen molar-refractivity contribution in [3.63, 3.8) is 0 Å². The van der Waals surface area contributed by atoms with E-state index in [1.165, 1.54) is 12.1 Å². The lowest BCUT2D eigenvalue weighted by Gasteiger charge is -2.35. The van der Waals surface area contributed by atoms with E-state index >= 15 is 0 Å². The Kier molecular flexibility index (Phi) is 4.92. The number of rotatable bonds is 4. The van der Waals surface area contributed by atoms with Gasteiger partial charge in [-0.25, -0.2) is 4.39 Å². The van der Waals surface area contributed by atoms with E-state index in [4.69, 9.17) is 11.6 Å². The largest absolute Gasteiger partial charge is 0.314 e. The van der Waals surface area contributed by atoms with Gasteiger partial charge in [-0.1, -0.05) is 11.6 Å². The minimum atomic E-state index is -0.458. The van der Waals surface area contributed by atoms with Crippen LogP contribution in [0.5, 0.6) is 0 Å². The topological polar surface area (TPSA) is 15.3 Å². The molecule has 1 fully saturated rings. The van der Waals surface area contributed by atoms with Crippen LogP contribution in [0.15, 0.2) is 18.2 Å². The van der Waals surface area contributed by atoms with Crippen LogP contribution in [-0.2, 0) is 0 Å². The van der Waals surface area contributed by atoms with Gasteiger partial charge in [-0.2, -0.15) is 0 Å². The molecule has 0 aliphatic carbocycles. The van der Waals surface area contributed by atoms with Crippen LogP contribution in [0.4, 0.5) is 8.78 Å². The molecule has 1 aliphatic heterocycles. The van der Waals surface area contributed by atoms with Crippen molar-refractivity contribution < 1.29 is 8.78 Å². The van der Waals surface area contributed by atoms with Gasteiger partial charge < -0.3 is 5.32 Å². The monoisotopic (exact) mass is 274 g/mol. The average Bonchev–Trinajstić information content (AvgIpc) is 2.40. The van der Waals surface area contributed by atoms with Gasteiger partial charge in [-0.05, 0) is 24.6 Å². The molecule has 1 heterocycles. The van der Waals surface area contributed by atoms with E-state index in [1.54, 1.807) is 6.07 Å². The number of alkyl halides is 1. The zero-order valence-electron chi connectivity index (χ0n) is 10.1. The molecule has 1 saturated heterocycles. The van der Waals surface area contributed by atoms with Gasteiger partial charge in [0.05, 0.1) is 6.67 Å². The molecule has 1 N–H and O–H groups in total. The number of hydrogen-bond donors (Lipinski definition) is 1. The molecule has 1 aromatic rings. The highest BCUT2D eigenvalue weighted by molar-refractivity contribution is 6.30. The van der Waals surface area contributed by atoms with Gasteiger partial charge in [0.15, 0.2) is 0 Å². The molecule has 2 nitrogen and oxygen atoms in total. The van der Waals surface area contributed by atoms with Crippen LogP contribution >= 0.6 is 11.6 Å². The van der Waals surface area contributed by atoms with Gasteiger partial charge in [0.1, 0.15) is 5.82 Å². The molecular weight excluding hydrogens is 258 g/mol. The molecule has 2 rings (SSSR count). The van der Waals surface area contributed by atoms with Crippen molar-refractivity contribution in [2.45, 2.75) is 12.5 Å². The summed E-state index contributed by atoms with van der Waals surface area (Å²) in [6.07, 6.45) is 0.303. The van der Waals surface area contributed by atoms with Crippen molar-refractivity contribution in [2.75, 3.05) is 32.9 Å². The molecule has 0 amide bonds. The van der Waals surface area contributed by atoms with Crippen LogP contribution < -0.4 is 5.32 Å². The summed E-state index contributed by atoms with van der Waals surface area (Å²) in [6.45, 7) is 2.85. The van der Waals surface area contributed by atoms with Gasteiger partial charge >= 0.3 is 0 Å². The summed E-state index contributed by atoms with van der Waals surface area (Å²) < 4.78 is 26.6. The summed E-state index contributed by atoms with van der Waals surface area (Å²) in [5.74, 6) is -0.309. The summed E-state index contributed by atoms with van der Waals surface area (Å²) in [6, 6.07) is 4.26.